The predicted molar refractivity (Wildman–Crippen MR) is 83.2 cm³/mol. The number of nitrogens with one attached hydrogen (secondary N) is 1. The van der Waals surface area contributed by atoms with Crippen LogP contribution in [0.4, 0.5) is 0 Å². The van der Waals surface area contributed by atoms with Gasteiger partial charge < -0.3 is 10.5 Å². The number of halogens is 2. The second kappa shape index (κ2) is 7.16. The minimum Gasteiger partial charge on any atom is -0.489 e. The first-order valence-electron chi connectivity index (χ1n) is 5.47. The third kappa shape index (κ3) is 4.26. The lowest BCUT2D eigenvalue weighted by Crippen LogP contribution is -2.14. The SMILES string of the molecule is Cl.N=C(N)c1ccccc1COc1ccc(Br)cc1. The summed E-state index contributed by atoms with van der Waals surface area (Å²) in [6, 6.07) is 15.1. The Morgan fingerprint density at radius 1 is 1.11 bits per heavy atom. The summed E-state index contributed by atoms with van der Waals surface area (Å²) in [4.78, 5) is 0. The van der Waals surface area contributed by atoms with Gasteiger partial charge in [-0.2, -0.15) is 0 Å². The molecule has 0 aliphatic heterocycles. The van der Waals surface area contributed by atoms with Gasteiger partial charge in [0.1, 0.15) is 18.2 Å². The normalized spacial score (nSPS) is 9.53. The van der Waals surface area contributed by atoms with Crippen LogP contribution < -0.4 is 10.5 Å². The van der Waals surface area contributed by atoms with Gasteiger partial charge >= 0.3 is 0 Å². The Labute approximate surface area is 126 Å². The lowest BCUT2D eigenvalue weighted by Gasteiger charge is -2.10. The van der Waals surface area contributed by atoms with Crippen molar-refractivity contribution >= 4 is 34.2 Å². The van der Waals surface area contributed by atoms with E-state index < -0.39 is 0 Å². The van der Waals surface area contributed by atoms with Gasteiger partial charge in [0.15, 0.2) is 0 Å². The molecule has 0 bridgehead atoms. The number of benzene rings is 2. The highest BCUT2D eigenvalue weighted by Gasteiger charge is 2.04. The van der Waals surface area contributed by atoms with Gasteiger partial charge in [0.25, 0.3) is 0 Å². The van der Waals surface area contributed by atoms with Gasteiger partial charge in [-0.1, -0.05) is 40.2 Å². The van der Waals surface area contributed by atoms with Crippen LogP contribution in [0.3, 0.4) is 0 Å². The average Bonchev–Trinajstić information content (AvgIpc) is 2.38. The smallest absolute Gasteiger partial charge is 0.123 e. The van der Waals surface area contributed by atoms with Crippen LogP contribution in [-0.4, -0.2) is 5.84 Å². The summed E-state index contributed by atoms with van der Waals surface area (Å²) in [5.74, 6) is 0.849. The van der Waals surface area contributed by atoms with E-state index >= 15 is 0 Å². The molecular formula is C14H14BrClN2O. The molecule has 5 heteroatoms. The molecule has 19 heavy (non-hydrogen) atoms. The van der Waals surface area contributed by atoms with Crippen LogP contribution in [0.15, 0.2) is 53.0 Å². The molecule has 0 aliphatic rings. The minimum atomic E-state index is 0. The maximum absolute atomic E-state index is 7.50. The van der Waals surface area contributed by atoms with E-state index in [1.54, 1.807) is 0 Å². The number of nitrogen functional groups attached to an aromatic ring is 1. The Bertz CT molecular complexity index is 558. The number of nitrogens with two attached hydrogens (primary N) is 1. The van der Waals surface area contributed by atoms with Crippen molar-refractivity contribution in [2.24, 2.45) is 5.73 Å². The summed E-state index contributed by atoms with van der Waals surface area (Å²) in [5, 5.41) is 7.50. The Hall–Kier alpha value is -1.52. The molecule has 2 aromatic carbocycles. The zero-order chi connectivity index (χ0) is 13.0. The lowest BCUT2D eigenvalue weighted by molar-refractivity contribution is 0.306. The molecule has 0 saturated carbocycles. The molecule has 3 nitrogen and oxygen atoms in total. The molecule has 0 spiro atoms. The molecular weight excluding hydrogens is 328 g/mol. The van der Waals surface area contributed by atoms with E-state index in [1.165, 1.54) is 0 Å². The summed E-state index contributed by atoms with van der Waals surface area (Å²) in [6.07, 6.45) is 0. The van der Waals surface area contributed by atoms with Crippen LogP contribution >= 0.6 is 28.3 Å². The summed E-state index contributed by atoms with van der Waals surface area (Å²) in [5.41, 5.74) is 7.15. The zero-order valence-corrected chi connectivity index (χ0v) is 12.5. The zero-order valence-electron chi connectivity index (χ0n) is 10.1. The molecule has 0 fully saturated rings. The lowest BCUT2D eigenvalue weighted by atomic mass is 10.1. The average molecular weight is 342 g/mol. The van der Waals surface area contributed by atoms with Gasteiger partial charge in [0.05, 0.1) is 0 Å². The Kier molecular flexibility index (Phi) is 5.86. The molecule has 2 aromatic rings. The first-order valence-corrected chi connectivity index (χ1v) is 6.27. The van der Waals surface area contributed by atoms with Crippen LogP contribution in [0.5, 0.6) is 5.75 Å². The monoisotopic (exact) mass is 340 g/mol. The fraction of sp³-hybridized carbons (Fsp3) is 0.0714. The number of amidine groups is 1. The van der Waals surface area contributed by atoms with Gasteiger partial charge in [-0.15, -0.1) is 12.4 Å². The van der Waals surface area contributed by atoms with Gasteiger partial charge in [-0.25, -0.2) is 0 Å². The molecule has 0 atom stereocenters. The largest absolute Gasteiger partial charge is 0.489 e. The number of hydrogen-bond acceptors (Lipinski definition) is 2. The van der Waals surface area contributed by atoms with E-state index in [9.17, 15) is 0 Å². The molecule has 2 rings (SSSR count). The van der Waals surface area contributed by atoms with Crippen molar-refractivity contribution < 1.29 is 4.74 Å². The summed E-state index contributed by atoms with van der Waals surface area (Å²) >= 11 is 3.37. The second-order valence-corrected chi connectivity index (χ2v) is 4.73. The van der Waals surface area contributed by atoms with E-state index in [2.05, 4.69) is 15.9 Å². The fourth-order valence-corrected chi connectivity index (χ4v) is 1.87. The molecule has 3 N–H and O–H groups in total. The van der Waals surface area contributed by atoms with Crippen LogP contribution in [0.2, 0.25) is 0 Å². The predicted octanol–water partition coefficient (Wildman–Crippen LogP) is 3.73. The summed E-state index contributed by atoms with van der Waals surface area (Å²) in [7, 11) is 0. The molecule has 0 aliphatic carbocycles. The standard InChI is InChI=1S/C14H13BrN2O.ClH/c15-11-5-7-12(8-6-11)18-9-10-3-1-2-4-13(10)14(16)17;/h1-8H,9H2,(H3,16,17);1H. The highest BCUT2D eigenvalue weighted by molar-refractivity contribution is 9.10. The Morgan fingerprint density at radius 2 is 1.74 bits per heavy atom. The first-order chi connectivity index (χ1) is 8.66. The maximum atomic E-state index is 7.50. The van der Waals surface area contributed by atoms with Gasteiger partial charge in [0.2, 0.25) is 0 Å². The van der Waals surface area contributed by atoms with Crippen molar-refractivity contribution in [2.75, 3.05) is 0 Å². The third-order valence-electron chi connectivity index (χ3n) is 2.52. The van der Waals surface area contributed by atoms with Crippen molar-refractivity contribution in [3.8, 4) is 5.75 Å². The van der Waals surface area contributed by atoms with E-state index in [-0.39, 0.29) is 18.2 Å². The molecule has 0 radical (unpaired) electrons. The minimum absolute atomic E-state index is 0. The second-order valence-electron chi connectivity index (χ2n) is 3.81. The van der Waals surface area contributed by atoms with Crippen molar-refractivity contribution in [3.05, 3.63) is 64.1 Å². The molecule has 0 saturated heterocycles. The highest BCUT2D eigenvalue weighted by atomic mass is 79.9. The summed E-state index contributed by atoms with van der Waals surface area (Å²) < 4.78 is 6.68. The van der Waals surface area contributed by atoms with Crippen LogP contribution in [0.1, 0.15) is 11.1 Å². The maximum Gasteiger partial charge on any atom is 0.123 e. The van der Waals surface area contributed by atoms with Crippen molar-refractivity contribution in [3.63, 3.8) is 0 Å². The quantitative estimate of drug-likeness (QED) is 0.657. The van der Waals surface area contributed by atoms with Gasteiger partial charge in [-0.05, 0) is 24.3 Å². The molecule has 0 heterocycles. The number of ether oxygens (including phenoxy) is 1. The Morgan fingerprint density at radius 3 is 2.37 bits per heavy atom. The first kappa shape index (κ1) is 15.5. The molecule has 0 amide bonds. The van der Waals surface area contributed by atoms with Crippen molar-refractivity contribution in [2.45, 2.75) is 6.61 Å². The van der Waals surface area contributed by atoms with E-state index in [0.29, 0.717) is 6.61 Å². The molecule has 100 valence electrons. The van der Waals surface area contributed by atoms with Gasteiger partial charge in [0, 0.05) is 15.6 Å². The molecule has 0 aromatic heterocycles. The van der Waals surface area contributed by atoms with Gasteiger partial charge in [-0.3, -0.25) is 5.41 Å². The highest BCUT2D eigenvalue weighted by Crippen LogP contribution is 2.18. The van der Waals surface area contributed by atoms with Crippen LogP contribution in [0.25, 0.3) is 0 Å². The van der Waals surface area contributed by atoms with E-state index in [4.69, 9.17) is 15.9 Å². The Balaban J connectivity index is 0.00000180. The molecule has 0 unspecified atom stereocenters. The third-order valence-corrected chi connectivity index (χ3v) is 3.04. The fourth-order valence-electron chi connectivity index (χ4n) is 1.60. The number of rotatable bonds is 4. The van der Waals surface area contributed by atoms with Crippen LogP contribution in [0, 0.1) is 5.41 Å². The van der Waals surface area contributed by atoms with Crippen molar-refractivity contribution in [1.29, 1.82) is 5.41 Å². The number of hydrogen-bond donors (Lipinski definition) is 2. The van der Waals surface area contributed by atoms with Crippen molar-refractivity contribution in [1.82, 2.24) is 0 Å². The summed E-state index contributed by atoms with van der Waals surface area (Å²) in [6.45, 7) is 0.400. The van der Waals surface area contributed by atoms with E-state index in [1.807, 2.05) is 48.5 Å². The van der Waals surface area contributed by atoms with E-state index in [0.717, 1.165) is 21.3 Å². The van der Waals surface area contributed by atoms with Crippen LogP contribution in [-0.2, 0) is 6.61 Å². The topological polar surface area (TPSA) is 59.1 Å².